The maximum atomic E-state index is 14.1. The molecule has 278 valence electrons. The van der Waals surface area contributed by atoms with Gasteiger partial charge in [-0.3, -0.25) is 4.79 Å². The van der Waals surface area contributed by atoms with Crippen molar-refractivity contribution in [2.75, 3.05) is 0 Å². The molecule has 0 aromatic heterocycles. The first-order valence-electron chi connectivity index (χ1n) is 20.9. The van der Waals surface area contributed by atoms with Gasteiger partial charge in [0.15, 0.2) is 0 Å². The molecule has 0 unspecified atom stereocenters. The zero-order chi connectivity index (χ0) is 37.0. The topological polar surface area (TPSA) is 26.3 Å². The smallest absolute Gasteiger partial charge is 0.261 e. The van der Waals surface area contributed by atoms with Crippen molar-refractivity contribution >= 4 is 32.5 Å². The van der Waals surface area contributed by atoms with Gasteiger partial charge in [-0.25, -0.2) is 0 Å². The maximum absolute atomic E-state index is 14.1. The predicted molar refractivity (Wildman–Crippen MR) is 222 cm³/mol. The minimum atomic E-state index is -2.58. The molecule has 4 heteroatoms. The van der Waals surface area contributed by atoms with E-state index < -0.39 is 16.4 Å². The third kappa shape index (κ3) is 6.42. The van der Waals surface area contributed by atoms with Gasteiger partial charge >= 0.3 is 0 Å². The van der Waals surface area contributed by atoms with E-state index >= 15 is 0 Å². The van der Waals surface area contributed by atoms with Gasteiger partial charge in [0.25, 0.3) is 8.32 Å². The zero-order valence-corrected chi connectivity index (χ0v) is 36.2. The Morgan fingerprint density at radius 2 is 1.25 bits per heavy atom. The largest absolute Gasteiger partial charge is 0.404 e. The summed E-state index contributed by atoms with van der Waals surface area (Å²) in [5, 5.41) is 2.80. The first kappa shape index (κ1) is 38.8. The van der Waals surface area contributed by atoms with Gasteiger partial charge in [0.1, 0.15) is 8.07 Å². The number of carbonyl (C=O) groups is 1. The Labute approximate surface area is 314 Å². The number of fused-ring (bicyclic) bond motifs is 5. The summed E-state index contributed by atoms with van der Waals surface area (Å²) >= 11 is 0. The van der Waals surface area contributed by atoms with Crippen molar-refractivity contribution in [3.05, 3.63) is 60.7 Å². The van der Waals surface area contributed by atoms with Crippen molar-refractivity contribution in [3.63, 3.8) is 0 Å². The molecule has 4 aliphatic carbocycles. The van der Waals surface area contributed by atoms with Crippen LogP contribution < -0.4 is 10.4 Å². The van der Waals surface area contributed by atoms with E-state index in [4.69, 9.17) is 4.43 Å². The molecule has 0 bridgehead atoms. The average molecular weight is 723 g/mol. The van der Waals surface area contributed by atoms with Crippen LogP contribution in [0.5, 0.6) is 0 Å². The Kier molecular flexibility index (Phi) is 10.9. The molecule has 51 heavy (non-hydrogen) atoms. The van der Waals surface area contributed by atoms with Gasteiger partial charge < -0.3 is 4.43 Å². The fourth-order valence-corrected chi connectivity index (χ4v) is 23.3. The molecule has 0 spiro atoms. The lowest BCUT2D eigenvalue weighted by molar-refractivity contribution is -0.135. The Morgan fingerprint density at radius 1 is 0.725 bits per heavy atom. The van der Waals surface area contributed by atoms with Crippen LogP contribution in [0.4, 0.5) is 0 Å². The van der Waals surface area contributed by atoms with Crippen LogP contribution >= 0.6 is 0 Å². The van der Waals surface area contributed by atoms with Gasteiger partial charge in [0.05, 0.1) is 0 Å². The normalized spacial score (nSPS) is 32.6. The lowest BCUT2D eigenvalue weighted by Gasteiger charge is -2.61. The Bertz CT molecular complexity index is 1520. The average Bonchev–Trinajstić information content (AvgIpc) is 3.44. The summed E-state index contributed by atoms with van der Waals surface area (Å²) in [4.78, 5) is 14.1. The molecule has 4 fully saturated rings. The summed E-state index contributed by atoms with van der Waals surface area (Å²) in [7, 11) is -4.50. The van der Waals surface area contributed by atoms with E-state index in [1.807, 2.05) is 0 Å². The van der Waals surface area contributed by atoms with Crippen LogP contribution in [-0.4, -0.2) is 28.3 Å². The summed E-state index contributed by atoms with van der Waals surface area (Å²) < 4.78 is 7.75. The molecule has 0 amide bonds. The van der Waals surface area contributed by atoms with Crippen LogP contribution in [-0.2, 0) is 9.22 Å². The quantitative estimate of drug-likeness (QED) is 0.200. The standard InChI is InChI=1S/C47H70O2Si2/c1-33(2)50(34(3)4,35(5)6)31-28-44(48)43-25-24-41-40-23-22-36-32-37(26-29-46(36,10)42(40)27-30-47(41,43)11)49-51(45(7,8)9,38-18-14-12-15-19-38)39-20-16-13-17-21-39/h12-21,33-37,40-43H,22-27,29-30,32H2,1-11H3/t36-,37+,40-,41-,42-,43+,46-,47-/m0/s1. The third-order valence-electron chi connectivity index (χ3n) is 16.0. The van der Waals surface area contributed by atoms with E-state index in [9.17, 15) is 4.79 Å². The second kappa shape index (κ2) is 14.4. The summed E-state index contributed by atoms with van der Waals surface area (Å²) in [6, 6.07) is 22.5. The van der Waals surface area contributed by atoms with Gasteiger partial charge in [-0.05, 0) is 130 Å². The molecule has 4 saturated carbocycles. The number of carbonyl (C=O) groups excluding carboxylic acids is 1. The number of rotatable bonds is 8. The van der Waals surface area contributed by atoms with Crippen molar-refractivity contribution in [1.82, 2.24) is 0 Å². The fourth-order valence-electron chi connectivity index (χ4n) is 13.4. The SMILES string of the molecule is CC(C)[Si](C#CC(=O)[C@H]1CC[C@H]2[C@@H]3CC[C@H]4C[C@H](O[Si](c5ccccc5)(c5ccccc5)C(C)(C)C)CC[C@]4(C)[C@H]3CC[C@]12C)(C(C)C)C(C)C. The lowest BCUT2D eigenvalue weighted by Crippen LogP contribution is -2.68. The van der Waals surface area contributed by atoms with Crippen LogP contribution in [0.15, 0.2) is 60.7 Å². The summed E-state index contributed by atoms with van der Waals surface area (Å²) in [5.41, 5.74) is 5.95. The molecule has 2 nitrogen and oxygen atoms in total. The second-order valence-electron chi connectivity index (χ2n) is 20.0. The summed E-state index contributed by atoms with van der Waals surface area (Å²) in [6.07, 6.45) is 11.3. The van der Waals surface area contributed by atoms with Gasteiger partial charge in [0.2, 0.25) is 5.78 Å². The molecular weight excluding hydrogens is 653 g/mol. The van der Waals surface area contributed by atoms with Crippen LogP contribution in [0.3, 0.4) is 0 Å². The highest BCUT2D eigenvalue weighted by molar-refractivity contribution is 6.99. The number of hydrogen-bond donors (Lipinski definition) is 0. The molecule has 6 rings (SSSR count). The summed E-state index contributed by atoms with van der Waals surface area (Å²) in [5.74, 6) is 6.71. The molecule has 4 aliphatic rings. The highest BCUT2D eigenvalue weighted by Crippen LogP contribution is 2.67. The minimum absolute atomic E-state index is 0.00478. The van der Waals surface area contributed by atoms with E-state index in [-0.39, 0.29) is 22.2 Å². The molecule has 2 aromatic carbocycles. The number of benzene rings is 2. The predicted octanol–water partition coefficient (Wildman–Crippen LogP) is 11.4. The van der Waals surface area contributed by atoms with Crippen molar-refractivity contribution in [3.8, 4) is 11.5 Å². The van der Waals surface area contributed by atoms with Crippen molar-refractivity contribution in [2.45, 2.75) is 162 Å². The van der Waals surface area contributed by atoms with Crippen LogP contribution in [0.1, 0.15) is 134 Å². The van der Waals surface area contributed by atoms with Gasteiger partial charge in [0, 0.05) is 12.0 Å². The van der Waals surface area contributed by atoms with Crippen molar-refractivity contribution in [2.24, 2.45) is 40.4 Å². The summed E-state index contributed by atoms with van der Waals surface area (Å²) in [6.45, 7) is 26.5. The van der Waals surface area contributed by atoms with Crippen LogP contribution in [0.25, 0.3) is 0 Å². The zero-order valence-electron chi connectivity index (χ0n) is 34.2. The number of Topliss-reactive ketones (excluding diaryl/α,β-unsaturated/α-hetero) is 1. The number of ketones is 1. The van der Waals surface area contributed by atoms with E-state index in [0.717, 1.165) is 24.7 Å². The van der Waals surface area contributed by atoms with Crippen molar-refractivity contribution < 1.29 is 9.22 Å². The van der Waals surface area contributed by atoms with Gasteiger partial charge in [-0.2, -0.15) is 0 Å². The van der Waals surface area contributed by atoms with E-state index in [1.54, 1.807) is 0 Å². The Balaban J connectivity index is 1.21. The first-order valence-corrected chi connectivity index (χ1v) is 25.0. The van der Waals surface area contributed by atoms with Gasteiger partial charge in [-0.15, -0.1) is 5.54 Å². The van der Waals surface area contributed by atoms with Gasteiger partial charge in [-0.1, -0.05) is 137 Å². The molecule has 0 aliphatic heterocycles. The number of hydrogen-bond acceptors (Lipinski definition) is 2. The maximum Gasteiger partial charge on any atom is 0.261 e. The van der Waals surface area contributed by atoms with Crippen LogP contribution in [0, 0.1) is 51.9 Å². The molecule has 2 aromatic rings. The monoisotopic (exact) mass is 722 g/mol. The molecule has 0 radical (unpaired) electrons. The second-order valence-corrected chi connectivity index (χ2v) is 29.9. The van der Waals surface area contributed by atoms with Crippen molar-refractivity contribution in [1.29, 1.82) is 0 Å². The third-order valence-corrected chi connectivity index (χ3v) is 27.3. The molecule has 0 heterocycles. The van der Waals surface area contributed by atoms with E-state index in [0.29, 0.717) is 40.0 Å². The highest BCUT2D eigenvalue weighted by Gasteiger charge is 2.62. The van der Waals surface area contributed by atoms with Crippen LogP contribution in [0.2, 0.25) is 21.7 Å². The molecule has 8 atom stereocenters. The Morgan fingerprint density at radius 3 is 1.78 bits per heavy atom. The van der Waals surface area contributed by atoms with E-state index in [1.165, 1.54) is 55.3 Å². The highest BCUT2D eigenvalue weighted by atomic mass is 28.4. The molecular formula is C47H70O2Si2. The Hall–Kier alpha value is -1.94. The van der Waals surface area contributed by atoms with E-state index in [2.05, 4.69) is 148 Å². The lowest BCUT2D eigenvalue weighted by atomic mass is 9.44. The minimum Gasteiger partial charge on any atom is -0.404 e. The fraction of sp³-hybridized carbons (Fsp3) is 0.681. The first-order chi connectivity index (χ1) is 24.0. The molecule has 0 N–H and O–H groups in total. The molecule has 0 saturated heterocycles.